The standard InChI is InChI=1S/C17H23N5O/c1-4-15-14(11-19-22(15)16-7-5-6-8-18-16)17(23)21-10-9-20(3)12-13(21)2/h5-8,11,13H,4,9-10,12H2,1-3H3. The summed E-state index contributed by atoms with van der Waals surface area (Å²) >= 11 is 0. The van der Waals surface area contributed by atoms with Crippen LogP contribution in [0.2, 0.25) is 0 Å². The van der Waals surface area contributed by atoms with E-state index in [2.05, 4.69) is 29.0 Å². The summed E-state index contributed by atoms with van der Waals surface area (Å²) in [6, 6.07) is 5.91. The van der Waals surface area contributed by atoms with E-state index in [1.165, 1.54) is 0 Å². The first-order valence-corrected chi connectivity index (χ1v) is 8.09. The molecule has 2 aromatic rings. The van der Waals surface area contributed by atoms with E-state index in [9.17, 15) is 4.79 Å². The molecule has 0 spiro atoms. The van der Waals surface area contributed by atoms with Crippen LogP contribution in [0.5, 0.6) is 0 Å². The summed E-state index contributed by atoms with van der Waals surface area (Å²) in [5.74, 6) is 0.819. The van der Waals surface area contributed by atoms with Gasteiger partial charge in [-0.25, -0.2) is 9.67 Å². The molecular weight excluding hydrogens is 290 g/mol. The van der Waals surface area contributed by atoms with Crippen molar-refractivity contribution in [3.05, 3.63) is 41.9 Å². The Balaban J connectivity index is 1.91. The van der Waals surface area contributed by atoms with E-state index in [0.29, 0.717) is 5.56 Å². The highest BCUT2D eigenvalue weighted by molar-refractivity contribution is 5.95. The van der Waals surface area contributed by atoms with Crippen LogP contribution in [0.3, 0.4) is 0 Å². The maximum absolute atomic E-state index is 13.0. The Labute approximate surface area is 136 Å². The number of amides is 1. The lowest BCUT2D eigenvalue weighted by molar-refractivity contribution is 0.0532. The molecule has 6 heteroatoms. The summed E-state index contributed by atoms with van der Waals surface area (Å²) in [5, 5.41) is 4.41. The lowest BCUT2D eigenvalue weighted by Crippen LogP contribution is -2.52. The molecule has 23 heavy (non-hydrogen) atoms. The minimum atomic E-state index is 0.0737. The van der Waals surface area contributed by atoms with E-state index in [-0.39, 0.29) is 11.9 Å². The Morgan fingerprint density at radius 3 is 2.83 bits per heavy atom. The quantitative estimate of drug-likeness (QED) is 0.864. The molecule has 122 valence electrons. The normalized spacial score (nSPS) is 19.1. The van der Waals surface area contributed by atoms with Crippen LogP contribution >= 0.6 is 0 Å². The first-order valence-electron chi connectivity index (χ1n) is 8.09. The number of carbonyl (C=O) groups excluding carboxylic acids is 1. The number of hydrogen-bond donors (Lipinski definition) is 0. The van der Waals surface area contributed by atoms with E-state index in [4.69, 9.17) is 0 Å². The molecule has 0 radical (unpaired) electrons. The summed E-state index contributed by atoms with van der Waals surface area (Å²) in [6.45, 7) is 6.71. The van der Waals surface area contributed by atoms with E-state index in [1.807, 2.05) is 30.0 Å². The minimum absolute atomic E-state index is 0.0737. The first-order chi connectivity index (χ1) is 11.1. The topological polar surface area (TPSA) is 54.3 Å². The average molecular weight is 313 g/mol. The van der Waals surface area contributed by atoms with Gasteiger partial charge in [0.1, 0.15) is 0 Å². The molecule has 2 aromatic heterocycles. The molecule has 0 bridgehead atoms. The van der Waals surface area contributed by atoms with Gasteiger partial charge in [0.05, 0.1) is 17.5 Å². The largest absolute Gasteiger partial charge is 0.333 e. The van der Waals surface area contributed by atoms with Gasteiger partial charge in [0, 0.05) is 31.9 Å². The fourth-order valence-corrected chi connectivity index (χ4v) is 3.17. The van der Waals surface area contributed by atoms with E-state index in [1.54, 1.807) is 17.1 Å². The smallest absolute Gasteiger partial charge is 0.257 e. The number of nitrogens with zero attached hydrogens (tertiary/aromatic N) is 5. The SMILES string of the molecule is CCc1c(C(=O)N2CCN(C)CC2C)cnn1-c1ccccn1. The highest BCUT2D eigenvalue weighted by Crippen LogP contribution is 2.19. The molecule has 1 fully saturated rings. The fourth-order valence-electron chi connectivity index (χ4n) is 3.17. The maximum Gasteiger partial charge on any atom is 0.257 e. The Morgan fingerprint density at radius 2 is 2.17 bits per heavy atom. The Kier molecular flexibility index (Phi) is 4.43. The van der Waals surface area contributed by atoms with Gasteiger partial charge in [0.2, 0.25) is 0 Å². The van der Waals surface area contributed by atoms with E-state index in [0.717, 1.165) is 37.6 Å². The summed E-state index contributed by atoms with van der Waals surface area (Å²) in [4.78, 5) is 21.5. The van der Waals surface area contributed by atoms with Crippen LogP contribution in [0.4, 0.5) is 0 Å². The molecular formula is C17H23N5O. The van der Waals surface area contributed by atoms with Crippen molar-refractivity contribution in [3.63, 3.8) is 0 Å². The molecule has 0 aromatic carbocycles. The summed E-state index contributed by atoms with van der Waals surface area (Å²) in [7, 11) is 2.09. The third kappa shape index (κ3) is 2.99. The number of piperazine rings is 1. The van der Waals surface area contributed by atoms with Crippen molar-refractivity contribution in [2.45, 2.75) is 26.3 Å². The second kappa shape index (κ2) is 6.50. The number of carbonyl (C=O) groups is 1. The van der Waals surface area contributed by atoms with E-state index >= 15 is 0 Å². The van der Waals surface area contributed by atoms with Gasteiger partial charge in [0.25, 0.3) is 5.91 Å². The highest BCUT2D eigenvalue weighted by atomic mass is 16.2. The van der Waals surface area contributed by atoms with Crippen LogP contribution in [-0.4, -0.2) is 63.2 Å². The molecule has 1 unspecified atom stereocenters. The third-order valence-corrected chi connectivity index (χ3v) is 4.39. The summed E-state index contributed by atoms with van der Waals surface area (Å²) in [6.07, 6.45) is 4.15. The minimum Gasteiger partial charge on any atom is -0.333 e. The Morgan fingerprint density at radius 1 is 1.35 bits per heavy atom. The predicted octanol–water partition coefficient (Wildman–Crippen LogP) is 1.61. The second-order valence-corrected chi connectivity index (χ2v) is 6.07. The number of aromatic nitrogens is 3. The second-order valence-electron chi connectivity index (χ2n) is 6.07. The van der Waals surface area contributed by atoms with Gasteiger partial charge in [-0.1, -0.05) is 13.0 Å². The van der Waals surface area contributed by atoms with Crippen molar-refractivity contribution in [1.29, 1.82) is 0 Å². The van der Waals surface area contributed by atoms with E-state index < -0.39 is 0 Å². The molecule has 3 heterocycles. The van der Waals surface area contributed by atoms with Crippen molar-refractivity contribution in [2.24, 2.45) is 0 Å². The first kappa shape index (κ1) is 15.7. The van der Waals surface area contributed by atoms with Crippen LogP contribution in [0, 0.1) is 0 Å². The van der Waals surface area contributed by atoms with Gasteiger partial charge in [-0.05, 0) is 32.5 Å². The van der Waals surface area contributed by atoms with Crippen molar-refractivity contribution < 1.29 is 4.79 Å². The zero-order valence-corrected chi connectivity index (χ0v) is 13.9. The Bertz CT molecular complexity index is 682. The van der Waals surface area contributed by atoms with Crippen LogP contribution < -0.4 is 0 Å². The number of rotatable bonds is 3. The molecule has 0 saturated carbocycles. The van der Waals surface area contributed by atoms with Gasteiger partial charge in [0.15, 0.2) is 5.82 Å². The van der Waals surface area contributed by atoms with Crippen molar-refractivity contribution >= 4 is 5.91 Å². The third-order valence-electron chi connectivity index (χ3n) is 4.39. The molecule has 0 N–H and O–H groups in total. The van der Waals surface area contributed by atoms with Crippen LogP contribution in [0.15, 0.2) is 30.6 Å². The Hall–Kier alpha value is -2.21. The molecule has 1 atom stereocenters. The van der Waals surface area contributed by atoms with Crippen molar-refractivity contribution in [2.75, 3.05) is 26.7 Å². The van der Waals surface area contributed by atoms with Gasteiger partial charge in [-0.2, -0.15) is 5.10 Å². The maximum atomic E-state index is 13.0. The highest BCUT2D eigenvalue weighted by Gasteiger charge is 2.29. The lowest BCUT2D eigenvalue weighted by Gasteiger charge is -2.38. The summed E-state index contributed by atoms with van der Waals surface area (Å²) < 4.78 is 1.77. The molecule has 6 nitrogen and oxygen atoms in total. The van der Waals surface area contributed by atoms with Gasteiger partial charge >= 0.3 is 0 Å². The molecule has 3 rings (SSSR count). The van der Waals surface area contributed by atoms with Crippen LogP contribution in [0.25, 0.3) is 5.82 Å². The molecule has 0 aliphatic carbocycles. The van der Waals surface area contributed by atoms with Gasteiger partial charge in [-0.15, -0.1) is 0 Å². The average Bonchev–Trinajstić information content (AvgIpc) is 2.99. The zero-order valence-electron chi connectivity index (χ0n) is 13.9. The zero-order chi connectivity index (χ0) is 16.4. The van der Waals surface area contributed by atoms with Gasteiger partial charge < -0.3 is 9.80 Å². The van der Waals surface area contributed by atoms with Crippen molar-refractivity contribution in [3.8, 4) is 5.82 Å². The predicted molar refractivity (Wildman–Crippen MR) is 88.7 cm³/mol. The molecule has 1 aliphatic rings. The molecule has 1 amide bonds. The van der Waals surface area contributed by atoms with Crippen molar-refractivity contribution in [1.82, 2.24) is 24.6 Å². The molecule has 1 saturated heterocycles. The number of pyridine rings is 1. The summed E-state index contributed by atoms with van der Waals surface area (Å²) in [5.41, 5.74) is 1.61. The fraction of sp³-hybridized carbons (Fsp3) is 0.471. The number of likely N-dealkylation sites (N-methyl/N-ethyl adjacent to an activating group) is 1. The lowest BCUT2D eigenvalue weighted by atomic mass is 10.1. The van der Waals surface area contributed by atoms with Gasteiger partial charge in [-0.3, -0.25) is 4.79 Å². The monoisotopic (exact) mass is 313 g/mol. The van der Waals surface area contributed by atoms with Crippen LogP contribution in [0.1, 0.15) is 29.9 Å². The number of hydrogen-bond acceptors (Lipinski definition) is 4. The molecule has 1 aliphatic heterocycles. The van der Waals surface area contributed by atoms with Crippen LogP contribution in [-0.2, 0) is 6.42 Å².